The number of hydrogen-bond donors (Lipinski definition) is 0. The first-order chi connectivity index (χ1) is 7.27. The minimum absolute atomic E-state index is 0.185. The Balaban J connectivity index is 3.52. The first kappa shape index (κ1) is 12.7. The maximum absolute atomic E-state index is 12.4. The molecule has 0 heterocycles. The Labute approximate surface area is 94.0 Å². The third-order valence-corrected chi connectivity index (χ3v) is 2.36. The van der Waals surface area contributed by atoms with Crippen molar-refractivity contribution in [2.75, 3.05) is 0 Å². The molecule has 0 radical (unpaired) electrons. The maximum Gasteiger partial charge on any atom is 0.416 e. The van der Waals surface area contributed by atoms with Crippen LogP contribution in [0.15, 0.2) is 12.1 Å². The van der Waals surface area contributed by atoms with Crippen LogP contribution in [0.25, 0.3) is 0 Å². The summed E-state index contributed by atoms with van der Waals surface area (Å²) in [5.74, 6) is -0.626. The van der Waals surface area contributed by atoms with Gasteiger partial charge in [0.2, 0.25) is 0 Å². The molecule has 0 unspecified atom stereocenters. The van der Waals surface area contributed by atoms with Crippen LogP contribution < -0.4 is 0 Å². The first-order valence-corrected chi connectivity index (χ1v) is 4.52. The number of benzene rings is 1. The van der Waals surface area contributed by atoms with Crippen molar-refractivity contribution in [3.05, 3.63) is 33.8 Å². The molecule has 6 heteroatoms. The number of aldehydes is 1. The van der Waals surface area contributed by atoms with E-state index in [1.165, 1.54) is 0 Å². The van der Waals surface area contributed by atoms with Crippen molar-refractivity contribution < 1.29 is 22.8 Å². The quantitative estimate of drug-likeness (QED) is 0.596. The molecular weight excluding hydrogens is 245 g/mol. The van der Waals surface area contributed by atoms with Crippen molar-refractivity contribution in [2.45, 2.75) is 13.1 Å². The maximum atomic E-state index is 12.4. The van der Waals surface area contributed by atoms with Crippen molar-refractivity contribution in [1.82, 2.24) is 0 Å². The van der Waals surface area contributed by atoms with Gasteiger partial charge in [-0.15, -0.1) is 0 Å². The monoisotopic (exact) mass is 250 g/mol. The lowest BCUT2D eigenvalue weighted by Gasteiger charge is -2.10. The van der Waals surface area contributed by atoms with Gasteiger partial charge in [0, 0.05) is 11.1 Å². The molecule has 0 aliphatic heterocycles. The minimum Gasteiger partial charge on any atom is -0.298 e. The molecule has 0 fully saturated rings. The number of carbonyl (C=O) groups is 2. The van der Waals surface area contributed by atoms with E-state index in [9.17, 15) is 22.8 Å². The number of rotatable bonds is 2. The van der Waals surface area contributed by atoms with Gasteiger partial charge in [0.25, 0.3) is 0 Å². The van der Waals surface area contributed by atoms with Gasteiger partial charge in [-0.1, -0.05) is 11.6 Å². The molecule has 0 bridgehead atoms. The highest BCUT2D eigenvalue weighted by molar-refractivity contribution is 6.36. The Morgan fingerprint density at radius 1 is 1.38 bits per heavy atom. The molecule has 2 nitrogen and oxygen atoms in total. The van der Waals surface area contributed by atoms with E-state index < -0.39 is 17.5 Å². The van der Waals surface area contributed by atoms with Gasteiger partial charge in [-0.25, -0.2) is 0 Å². The molecule has 0 atom stereocenters. The van der Waals surface area contributed by atoms with Crippen LogP contribution in [-0.4, -0.2) is 12.1 Å². The Kier molecular flexibility index (Phi) is 3.38. The molecule has 1 aromatic carbocycles. The molecular formula is C10H6ClF3O2. The average Bonchev–Trinajstić information content (AvgIpc) is 2.15. The highest BCUT2D eigenvalue weighted by atomic mass is 35.5. The molecule has 0 aliphatic rings. The topological polar surface area (TPSA) is 34.1 Å². The van der Waals surface area contributed by atoms with Crippen molar-refractivity contribution in [3.8, 4) is 0 Å². The number of alkyl halides is 3. The lowest BCUT2D eigenvalue weighted by Crippen LogP contribution is -2.09. The van der Waals surface area contributed by atoms with E-state index in [4.69, 9.17) is 11.6 Å². The predicted molar refractivity (Wildman–Crippen MR) is 51.8 cm³/mol. The second kappa shape index (κ2) is 4.25. The minimum atomic E-state index is -4.62. The lowest BCUT2D eigenvalue weighted by atomic mass is 10.0. The molecule has 0 saturated heterocycles. The van der Waals surface area contributed by atoms with E-state index in [0.717, 1.165) is 6.92 Å². The highest BCUT2D eigenvalue weighted by Gasteiger charge is 2.32. The van der Waals surface area contributed by atoms with Crippen molar-refractivity contribution in [1.29, 1.82) is 0 Å². The van der Waals surface area contributed by atoms with Gasteiger partial charge in [0.05, 0.1) is 10.6 Å². The third kappa shape index (κ3) is 2.41. The summed E-state index contributed by atoms with van der Waals surface area (Å²) in [6, 6.07) is 1.25. The average molecular weight is 251 g/mol. The fourth-order valence-corrected chi connectivity index (χ4v) is 1.44. The normalized spacial score (nSPS) is 11.3. The van der Waals surface area contributed by atoms with Gasteiger partial charge in [-0.3, -0.25) is 9.59 Å². The number of halogens is 4. The number of ketones is 1. The molecule has 1 rings (SSSR count). The second-order valence-corrected chi connectivity index (χ2v) is 3.48. The van der Waals surface area contributed by atoms with E-state index in [-0.39, 0.29) is 22.4 Å². The van der Waals surface area contributed by atoms with Crippen LogP contribution in [0.4, 0.5) is 13.2 Å². The smallest absolute Gasteiger partial charge is 0.298 e. The Morgan fingerprint density at radius 3 is 2.31 bits per heavy atom. The van der Waals surface area contributed by atoms with Crippen LogP contribution in [-0.2, 0) is 6.18 Å². The van der Waals surface area contributed by atoms with Gasteiger partial charge >= 0.3 is 6.18 Å². The van der Waals surface area contributed by atoms with E-state index >= 15 is 0 Å². The van der Waals surface area contributed by atoms with Crippen LogP contribution in [0.5, 0.6) is 0 Å². The molecule has 0 amide bonds. The zero-order chi connectivity index (χ0) is 12.5. The largest absolute Gasteiger partial charge is 0.416 e. The molecule has 0 N–H and O–H groups in total. The number of hydrogen-bond acceptors (Lipinski definition) is 2. The summed E-state index contributed by atoms with van der Waals surface area (Å²) in [5.41, 5.74) is -1.72. The summed E-state index contributed by atoms with van der Waals surface area (Å²) < 4.78 is 37.2. The van der Waals surface area contributed by atoms with Gasteiger partial charge in [0.1, 0.15) is 0 Å². The number of carbonyl (C=O) groups excluding carboxylic acids is 2. The van der Waals surface area contributed by atoms with Crippen LogP contribution >= 0.6 is 11.6 Å². The summed E-state index contributed by atoms with van der Waals surface area (Å²) in [7, 11) is 0. The summed E-state index contributed by atoms with van der Waals surface area (Å²) in [6.07, 6.45) is -4.43. The molecule has 16 heavy (non-hydrogen) atoms. The molecule has 0 aliphatic carbocycles. The van der Waals surface area contributed by atoms with E-state index in [1.54, 1.807) is 0 Å². The SMILES string of the molecule is CC(=O)c1cc(C(F)(F)F)cc(C=O)c1Cl. The Hall–Kier alpha value is -1.36. The summed E-state index contributed by atoms with van der Waals surface area (Å²) >= 11 is 5.61. The molecule has 86 valence electrons. The van der Waals surface area contributed by atoms with E-state index in [2.05, 4.69) is 0 Å². The van der Waals surface area contributed by atoms with Gasteiger partial charge in [0.15, 0.2) is 12.1 Å². The van der Waals surface area contributed by atoms with Gasteiger partial charge in [-0.2, -0.15) is 13.2 Å². The van der Waals surface area contributed by atoms with Crippen molar-refractivity contribution in [2.24, 2.45) is 0 Å². The van der Waals surface area contributed by atoms with E-state index in [1.807, 2.05) is 0 Å². The van der Waals surface area contributed by atoms with Crippen LogP contribution in [0.2, 0.25) is 5.02 Å². The summed E-state index contributed by atoms with van der Waals surface area (Å²) in [5, 5.41) is -0.254. The lowest BCUT2D eigenvalue weighted by molar-refractivity contribution is -0.137. The molecule has 1 aromatic rings. The molecule has 0 aromatic heterocycles. The molecule has 0 spiro atoms. The fraction of sp³-hybridized carbons (Fsp3) is 0.200. The van der Waals surface area contributed by atoms with Crippen molar-refractivity contribution >= 4 is 23.7 Å². The van der Waals surface area contributed by atoms with Crippen LogP contribution in [0, 0.1) is 0 Å². The molecule has 0 saturated carbocycles. The zero-order valence-electron chi connectivity index (χ0n) is 8.06. The van der Waals surface area contributed by atoms with Crippen molar-refractivity contribution in [3.63, 3.8) is 0 Å². The summed E-state index contributed by atoms with van der Waals surface area (Å²) in [6.45, 7) is 1.08. The Bertz CT molecular complexity index is 452. The number of Topliss-reactive ketones (excluding diaryl/α,β-unsaturated/α-hetero) is 1. The third-order valence-electron chi connectivity index (χ3n) is 1.93. The van der Waals surface area contributed by atoms with Gasteiger partial charge < -0.3 is 0 Å². The van der Waals surface area contributed by atoms with Crippen LogP contribution in [0.3, 0.4) is 0 Å². The van der Waals surface area contributed by atoms with Crippen LogP contribution in [0.1, 0.15) is 33.2 Å². The fourth-order valence-electron chi connectivity index (χ4n) is 1.15. The van der Waals surface area contributed by atoms with E-state index in [0.29, 0.717) is 12.1 Å². The Morgan fingerprint density at radius 2 is 1.94 bits per heavy atom. The summed E-state index contributed by atoms with van der Waals surface area (Å²) in [4.78, 5) is 21.6. The predicted octanol–water partition coefficient (Wildman–Crippen LogP) is 3.37. The van der Waals surface area contributed by atoms with Gasteiger partial charge in [-0.05, 0) is 19.1 Å². The zero-order valence-corrected chi connectivity index (χ0v) is 8.82. The highest BCUT2D eigenvalue weighted by Crippen LogP contribution is 2.33. The standard InChI is InChI=1S/C10H6ClF3O2/c1-5(16)8-3-7(10(12,13)14)2-6(4-15)9(8)11/h2-4H,1H3. The first-order valence-electron chi connectivity index (χ1n) is 4.14. The second-order valence-electron chi connectivity index (χ2n) is 3.10.